The highest BCUT2D eigenvalue weighted by Crippen LogP contribution is 2.30. The van der Waals surface area contributed by atoms with Crippen molar-refractivity contribution in [2.24, 2.45) is 0 Å². The highest BCUT2D eigenvalue weighted by molar-refractivity contribution is 8.04. The zero-order valence-electron chi connectivity index (χ0n) is 17.1. The van der Waals surface area contributed by atoms with E-state index in [1.165, 1.54) is 0 Å². The highest BCUT2D eigenvalue weighted by Gasteiger charge is 2.36. The summed E-state index contributed by atoms with van der Waals surface area (Å²) in [5.41, 5.74) is 0.0743. The normalized spacial score (nSPS) is 12.5. The molecule has 4 rings (SSSR count). The molecule has 0 spiro atoms. The molecule has 1 heterocycles. The lowest BCUT2D eigenvalue weighted by Crippen LogP contribution is -2.29. The summed E-state index contributed by atoms with van der Waals surface area (Å²) in [6, 6.07) is 17.2. The molecule has 1 aliphatic carbocycles. The fraction of sp³-hybridized carbons (Fsp3) is 0.0870. The van der Waals surface area contributed by atoms with Gasteiger partial charge in [-0.2, -0.15) is 0 Å². The maximum absolute atomic E-state index is 12.9. The van der Waals surface area contributed by atoms with Crippen molar-refractivity contribution >= 4 is 41.0 Å². The molecule has 3 aromatic rings. The standard InChI is InChI=1S/C23H17N3O6S/c27-16-13-17(33-12-11-24-23(30)31-15-9-5-2-6-10-15)20(28)18-19(26-32-21(16)18)22(29)25-14-7-3-1-4-8-14/h1-10,13H,11-12H2,(H,24,30)(H,25,29). The van der Waals surface area contributed by atoms with E-state index in [2.05, 4.69) is 15.8 Å². The molecule has 0 saturated carbocycles. The van der Waals surface area contributed by atoms with Crippen LogP contribution in [0, 0.1) is 0 Å². The summed E-state index contributed by atoms with van der Waals surface area (Å²) < 4.78 is 10.1. The smallest absolute Gasteiger partial charge is 0.410 e. The number of Topliss-reactive ketones (excluding diaryl/α,β-unsaturated/α-hetero) is 1. The van der Waals surface area contributed by atoms with Gasteiger partial charge in [-0.3, -0.25) is 14.4 Å². The first-order chi connectivity index (χ1) is 16.0. The van der Waals surface area contributed by atoms with E-state index in [4.69, 9.17) is 9.26 Å². The molecule has 0 fully saturated rings. The Kier molecular flexibility index (Phi) is 6.65. The van der Waals surface area contributed by atoms with E-state index in [0.29, 0.717) is 17.2 Å². The first kappa shape index (κ1) is 22.0. The van der Waals surface area contributed by atoms with Gasteiger partial charge in [0.25, 0.3) is 5.91 Å². The number of nitrogens with zero attached hydrogens (tertiary/aromatic N) is 1. The lowest BCUT2D eigenvalue weighted by Gasteiger charge is -2.11. The summed E-state index contributed by atoms with van der Waals surface area (Å²) in [5.74, 6) is -1.34. The molecule has 33 heavy (non-hydrogen) atoms. The number of para-hydroxylation sites is 2. The maximum atomic E-state index is 12.9. The third kappa shape index (κ3) is 5.18. The van der Waals surface area contributed by atoms with Crippen LogP contribution in [-0.4, -0.2) is 41.0 Å². The Morgan fingerprint density at radius 1 is 1.00 bits per heavy atom. The fourth-order valence-electron chi connectivity index (χ4n) is 2.96. The number of aromatic nitrogens is 1. The average molecular weight is 463 g/mol. The molecule has 2 N–H and O–H groups in total. The Labute approximate surface area is 192 Å². The first-order valence-electron chi connectivity index (χ1n) is 9.83. The van der Waals surface area contributed by atoms with Crippen LogP contribution in [0.5, 0.6) is 5.75 Å². The summed E-state index contributed by atoms with van der Waals surface area (Å²) in [7, 11) is 0. The number of carbonyl (C=O) groups is 4. The van der Waals surface area contributed by atoms with Crippen molar-refractivity contribution in [2.45, 2.75) is 0 Å². The fourth-order valence-corrected chi connectivity index (χ4v) is 3.81. The number of amides is 2. The Hall–Kier alpha value is -4.18. The van der Waals surface area contributed by atoms with Crippen molar-refractivity contribution in [2.75, 3.05) is 17.6 Å². The Morgan fingerprint density at radius 2 is 1.70 bits per heavy atom. The van der Waals surface area contributed by atoms with E-state index < -0.39 is 23.6 Å². The zero-order chi connectivity index (χ0) is 23.2. The molecule has 0 saturated heterocycles. The van der Waals surface area contributed by atoms with Gasteiger partial charge in [-0.25, -0.2) is 4.79 Å². The summed E-state index contributed by atoms with van der Waals surface area (Å²) in [6.07, 6.45) is 0.504. The van der Waals surface area contributed by atoms with Crippen LogP contribution in [0.3, 0.4) is 0 Å². The third-order valence-electron chi connectivity index (χ3n) is 4.46. The van der Waals surface area contributed by atoms with E-state index in [9.17, 15) is 19.2 Å². The van der Waals surface area contributed by atoms with Gasteiger partial charge in [-0.15, -0.1) is 11.8 Å². The number of thioether (sulfide) groups is 1. The second kappa shape index (κ2) is 9.96. The van der Waals surface area contributed by atoms with Gasteiger partial charge < -0.3 is 19.9 Å². The predicted octanol–water partition coefficient (Wildman–Crippen LogP) is 3.71. The van der Waals surface area contributed by atoms with Gasteiger partial charge in [0.2, 0.25) is 17.3 Å². The molecule has 0 radical (unpaired) electrons. The molecule has 1 aliphatic rings. The molecule has 9 nitrogen and oxygen atoms in total. The average Bonchev–Trinajstić information content (AvgIpc) is 3.27. The highest BCUT2D eigenvalue weighted by atomic mass is 32.2. The topological polar surface area (TPSA) is 128 Å². The molecule has 10 heteroatoms. The number of fused-ring (bicyclic) bond motifs is 1. The number of anilines is 1. The summed E-state index contributed by atoms with van der Waals surface area (Å²) in [5, 5.41) is 8.83. The van der Waals surface area contributed by atoms with Gasteiger partial charge in [0.05, 0.1) is 4.91 Å². The second-order valence-electron chi connectivity index (χ2n) is 6.74. The summed E-state index contributed by atoms with van der Waals surface area (Å²) >= 11 is 1.07. The van der Waals surface area contributed by atoms with Crippen molar-refractivity contribution in [1.82, 2.24) is 10.5 Å². The van der Waals surface area contributed by atoms with Crippen molar-refractivity contribution in [3.63, 3.8) is 0 Å². The van der Waals surface area contributed by atoms with E-state index in [1.54, 1.807) is 60.7 Å². The Balaban J connectivity index is 1.36. The Bertz CT molecular complexity index is 1240. The van der Waals surface area contributed by atoms with Crippen molar-refractivity contribution in [1.29, 1.82) is 0 Å². The van der Waals surface area contributed by atoms with Crippen LogP contribution in [0.2, 0.25) is 0 Å². The minimum Gasteiger partial charge on any atom is -0.410 e. The molecule has 166 valence electrons. The quantitative estimate of drug-likeness (QED) is 0.508. The van der Waals surface area contributed by atoms with Crippen LogP contribution >= 0.6 is 11.8 Å². The molecule has 2 amide bonds. The van der Waals surface area contributed by atoms with Gasteiger partial charge in [-0.1, -0.05) is 41.6 Å². The van der Waals surface area contributed by atoms with Crippen LogP contribution in [0.1, 0.15) is 31.4 Å². The molecule has 0 unspecified atom stereocenters. The third-order valence-corrected chi connectivity index (χ3v) is 5.48. The number of rotatable bonds is 7. The molecule has 0 aliphatic heterocycles. The van der Waals surface area contributed by atoms with Crippen LogP contribution < -0.4 is 15.4 Å². The van der Waals surface area contributed by atoms with E-state index in [1.807, 2.05) is 0 Å². The lowest BCUT2D eigenvalue weighted by molar-refractivity contribution is 0.0967. The first-order valence-corrected chi connectivity index (χ1v) is 10.8. The number of carbonyl (C=O) groups excluding carboxylic acids is 4. The van der Waals surface area contributed by atoms with Crippen molar-refractivity contribution in [3.05, 3.63) is 88.7 Å². The number of benzene rings is 2. The molecule has 2 aromatic carbocycles. The number of ether oxygens (including phenoxy) is 1. The van der Waals surface area contributed by atoms with Gasteiger partial charge in [0.1, 0.15) is 11.3 Å². The predicted molar refractivity (Wildman–Crippen MR) is 121 cm³/mol. The van der Waals surface area contributed by atoms with E-state index in [0.717, 1.165) is 17.8 Å². The number of hydrogen-bond acceptors (Lipinski definition) is 8. The minimum absolute atomic E-state index is 0.127. The summed E-state index contributed by atoms with van der Waals surface area (Å²) in [4.78, 5) is 49.9. The number of nitrogens with one attached hydrogen (secondary N) is 2. The largest absolute Gasteiger partial charge is 0.412 e. The van der Waals surface area contributed by atoms with E-state index >= 15 is 0 Å². The monoisotopic (exact) mass is 463 g/mol. The van der Waals surface area contributed by atoms with Crippen LogP contribution in [0.15, 0.2) is 76.2 Å². The van der Waals surface area contributed by atoms with Crippen LogP contribution in [-0.2, 0) is 0 Å². The number of allylic oxidation sites excluding steroid dienone is 2. The molecular weight excluding hydrogens is 446 g/mol. The molecular formula is C23H17N3O6S. The van der Waals surface area contributed by atoms with Gasteiger partial charge in [-0.05, 0) is 24.3 Å². The number of hydrogen-bond donors (Lipinski definition) is 2. The Morgan fingerprint density at radius 3 is 2.42 bits per heavy atom. The molecule has 0 atom stereocenters. The number of ketones is 2. The van der Waals surface area contributed by atoms with Crippen molar-refractivity contribution < 1.29 is 28.4 Å². The van der Waals surface area contributed by atoms with E-state index in [-0.39, 0.29) is 28.5 Å². The zero-order valence-corrected chi connectivity index (χ0v) is 17.9. The SMILES string of the molecule is O=C(NCCSC1=CC(=O)c2onc(C(=O)Nc3ccccc3)c2C1=O)Oc1ccccc1. The van der Waals surface area contributed by atoms with Gasteiger partial charge in [0.15, 0.2) is 5.69 Å². The van der Waals surface area contributed by atoms with Gasteiger partial charge in [0, 0.05) is 24.1 Å². The second-order valence-corrected chi connectivity index (χ2v) is 7.87. The molecule has 0 bridgehead atoms. The minimum atomic E-state index is -0.663. The summed E-state index contributed by atoms with van der Waals surface area (Å²) in [6.45, 7) is 0.187. The van der Waals surface area contributed by atoms with Crippen LogP contribution in [0.25, 0.3) is 0 Å². The molecule has 1 aromatic heterocycles. The van der Waals surface area contributed by atoms with Crippen molar-refractivity contribution in [3.8, 4) is 5.75 Å². The van der Waals surface area contributed by atoms with Crippen LogP contribution in [0.4, 0.5) is 10.5 Å². The lowest BCUT2D eigenvalue weighted by atomic mass is 9.99. The maximum Gasteiger partial charge on any atom is 0.412 e. The van der Waals surface area contributed by atoms with Gasteiger partial charge >= 0.3 is 6.09 Å².